The molecule has 0 bridgehead atoms. The van der Waals surface area contributed by atoms with E-state index in [4.69, 9.17) is 9.47 Å². The largest absolute Gasteiger partial charge is 0.486 e. The number of hydrogen-bond acceptors (Lipinski definition) is 4. The van der Waals surface area contributed by atoms with Crippen LogP contribution in [0.15, 0.2) is 42.5 Å². The maximum absolute atomic E-state index is 12.6. The topological polar surface area (TPSA) is 76.7 Å². The zero-order chi connectivity index (χ0) is 21.0. The van der Waals surface area contributed by atoms with Gasteiger partial charge in [0.05, 0.1) is 18.2 Å². The summed E-state index contributed by atoms with van der Waals surface area (Å²) >= 11 is 0. The Morgan fingerprint density at radius 3 is 2.34 bits per heavy atom. The molecule has 29 heavy (non-hydrogen) atoms. The minimum Gasteiger partial charge on any atom is -0.486 e. The van der Waals surface area contributed by atoms with Crippen molar-refractivity contribution in [1.29, 1.82) is 0 Å². The van der Waals surface area contributed by atoms with Crippen LogP contribution in [0.25, 0.3) is 0 Å². The van der Waals surface area contributed by atoms with Crippen LogP contribution in [0.4, 0.5) is 13.2 Å². The summed E-state index contributed by atoms with van der Waals surface area (Å²) in [5, 5.41) is 5.13. The number of carbonyl (C=O) groups is 2. The Morgan fingerprint density at radius 1 is 1.03 bits per heavy atom. The molecule has 0 fully saturated rings. The number of ether oxygens (including phenoxy) is 2. The van der Waals surface area contributed by atoms with E-state index >= 15 is 0 Å². The number of amides is 2. The third-order valence-electron chi connectivity index (χ3n) is 4.33. The summed E-state index contributed by atoms with van der Waals surface area (Å²) in [6.07, 6.45) is -4.47. The highest BCUT2D eigenvalue weighted by Gasteiger charge is 2.30. The summed E-state index contributed by atoms with van der Waals surface area (Å²) in [6.45, 7) is 2.40. The number of rotatable bonds is 5. The summed E-state index contributed by atoms with van der Waals surface area (Å²) in [4.78, 5) is 24.1. The Balaban J connectivity index is 1.52. The molecular weight excluding hydrogens is 389 g/mol. The van der Waals surface area contributed by atoms with Crippen LogP contribution in [0.2, 0.25) is 0 Å². The normalized spacial score (nSPS) is 14.1. The van der Waals surface area contributed by atoms with E-state index in [-0.39, 0.29) is 18.2 Å². The van der Waals surface area contributed by atoms with E-state index in [2.05, 4.69) is 10.6 Å². The van der Waals surface area contributed by atoms with Gasteiger partial charge in [0.1, 0.15) is 13.2 Å². The van der Waals surface area contributed by atoms with Gasteiger partial charge in [-0.2, -0.15) is 13.2 Å². The van der Waals surface area contributed by atoms with Gasteiger partial charge in [-0.25, -0.2) is 0 Å². The van der Waals surface area contributed by atoms with E-state index in [1.165, 1.54) is 0 Å². The molecule has 154 valence electrons. The average molecular weight is 408 g/mol. The first-order chi connectivity index (χ1) is 13.7. The molecule has 9 heteroatoms. The van der Waals surface area contributed by atoms with E-state index in [9.17, 15) is 22.8 Å². The Morgan fingerprint density at radius 2 is 1.69 bits per heavy atom. The quantitative estimate of drug-likeness (QED) is 0.797. The fraction of sp³-hybridized carbons (Fsp3) is 0.300. The summed E-state index contributed by atoms with van der Waals surface area (Å²) in [5.41, 5.74) is -0.0117. The van der Waals surface area contributed by atoms with Crippen molar-refractivity contribution in [1.82, 2.24) is 10.6 Å². The maximum Gasteiger partial charge on any atom is 0.416 e. The van der Waals surface area contributed by atoms with Crippen LogP contribution >= 0.6 is 0 Å². The van der Waals surface area contributed by atoms with Gasteiger partial charge in [0.25, 0.3) is 5.91 Å². The first-order valence-electron chi connectivity index (χ1n) is 8.88. The Labute approximate surface area is 165 Å². The molecule has 0 saturated heterocycles. The molecule has 0 saturated carbocycles. The number of hydrogen-bond donors (Lipinski definition) is 2. The Hall–Kier alpha value is -3.23. The van der Waals surface area contributed by atoms with E-state index in [0.29, 0.717) is 24.7 Å². The van der Waals surface area contributed by atoms with Gasteiger partial charge < -0.3 is 20.1 Å². The highest BCUT2D eigenvalue weighted by Crippen LogP contribution is 2.32. The van der Waals surface area contributed by atoms with Gasteiger partial charge in [0, 0.05) is 5.56 Å². The van der Waals surface area contributed by atoms with E-state index < -0.39 is 23.6 Å². The molecule has 0 spiro atoms. The summed E-state index contributed by atoms with van der Waals surface area (Å²) in [7, 11) is 0. The lowest BCUT2D eigenvalue weighted by Crippen LogP contribution is -2.38. The molecule has 1 unspecified atom stereocenters. The Kier molecular flexibility index (Phi) is 5.95. The Bertz CT molecular complexity index is 898. The lowest BCUT2D eigenvalue weighted by atomic mass is 10.1. The molecule has 1 atom stereocenters. The SMILES string of the molecule is CC(NC(=O)CNC(=O)c1ccc(C(F)(F)F)cc1)c1ccc2c(c1)OCCO2. The van der Waals surface area contributed by atoms with Gasteiger partial charge in [0.2, 0.25) is 5.91 Å². The molecule has 0 aromatic heterocycles. The first kappa shape index (κ1) is 20.5. The second-order valence-corrected chi connectivity index (χ2v) is 6.45. The number of nitrogens with one attached hydrogen (secondary N) is 2. The second kappa shape index (κ2) is 8.42. The highest BCUT2D eigenvalue weighted by atomic mass is 19.4. The molecule has 3 rings (SSSR count). The van der Waals surface area contributed by atoms with Crippen LogP contribution in [0.3, 0.4) is 0 Å². The number of carbonyl (C=O) groups excluding carboxylic acids is 2. The lowest BCUT2D eigenvalue weighted by Gasteiger charge is -2.21. The monoisotopic (exact) mass is 408 g/mol. The molecule has 0 radical (unpaired) electrons. The molecular formula is C20H19F3N2O4. The van der Waals surface area contributed by atoms with Gasteiger partial charge in [-0.3, -0.25) is 9.59 Å². The van der Waals surface area contributed by atoms with E-state index in [1.54, 1.807) is 25.1 Å². The van der Waals surface area contributed by atoms with Crippen LogP contribution in [0.5, 0.6) is 11.5 Å². The molecule has 1 aliphatic heterocycles. The molecule has 0 aliphatic carbocycles. The minimum atomic E-state index is -4.47. The van der Waals surface area contributed by atoms with Gasteiger partial charge in [-0.15, -0.1) is 0 Å². The van der Waals surface area contributed by atoms with Gasteiger partial charge in [-0.05, 0) is 48.9 Å². The fourth-order valence-electron chi connectivity index (χ4n) is 2.78. The lowest BCUT2D eigenvalue weighted by molar-refractivity contribution is -0.137. The first-order valence-corrected chi connectivity index (χ1v) is 8.88. The van der Waals surface area contributed by atoms with Gasteiger partial charge in [-0.1, -0.05) is 6.07 Å². The van der Waals surface area contributed by atoms with Crippen LogP contribution in [0.1, 0.15) is 34.5 Å². The van der Waals surface area contributed by atoms with Crippen molar-refractivity contribution < 1.29 is 32.2 Å². The molecule has 2 amide bonds. The van der Waals surface area contributed by atoms with Crippen LogP contribution in [0, 0.1) is 0 Å². The molecule has 2 N–H and O–H groups in total. The van der Waals surface area contributed by atoms with Crippen molar-refractivity contribution >= 4 is 11.8 Å². The summed E-state index contributed by atoms with van der Waals surface area (Å²) in [6, 6.07) is 8.76. The number of halogens is 3. The smallest absolute Gasteiger partial charge is 0.416 e. The third kappa shape index (κ3) is 5.18. The zero-order valence-corrected chi connectivity index (χ0v) is 15.5. The van der Waals surface area contributed by atoms with Crippen molar-refractivity contribution in [3.8, 4) is 11.5 Å². The van der Waals surface area contributed by atoms with E-state index in [0.717, 1.165) is 29.8 Å². The maximum atomic E-state index is 12.6. The minimum absolute atomic E-state index is 0.0330. The average Bonchev–Trinajstić information content (AvgIpc) is 2.71. The van der Waals surface area contributed by atoms with Crippen molar-refractivity contribution in [2.75, 3.05) is 19.8 Å². The highest BCUT2D eigenvalue weighted by molar-refractivity contribution is 5.96. The van der Waals surface area contributed by atoms with Crippen LogP contribution in [-0.2, 0) is 11.0 Å². The van der Waals surface area contributed by atoms with Crippen LogP contribution in [-0.4, -0.2) is 31.6 Å². The van der Waals surface area contributed by atoms with Crippen molar-refractivity contribution in [2.45, 2.75) is 19.1 Å². The predicted molar refractivity (Wildman–Crippen MR) is 97.8 cm³/mol. The molecule has 2 aromatic rings. The van der Waals surface area contributed by atoms with Gasteiger partial charge >= 0.3 is 6.18 Å². The van der Waals surface area contributed by atoms with Crippen LogP contribution < -0.4 is 20.1 Å². The standard InChI is InChI=1S/C20H19F3N2O4/c1-12(14-4-7-16-17(10-14)29-9-8-28-16)25-18(26)11-24-19(27)13-2-5-15(6-3-13)20(21,22)23/h2-7,10,12H,8-9,11H2,1H3,(H,24,27)(H,25,26). The second-order valence-electron chi connectivity index (χ2n) is 6.45. The van der Waals surface area contributed by atoms with Gasteiger partial charge in [0.15, 0.2) is 11.5 Å². The molecule has 6 nitrogen and oxygen atoms in total. The third-order valence-corrected chi connectivity index (χ3v) is 4.33. The molecule has 1 heterocycles. The number of fused-ring (bicyclic) bond motifs is 1. The summed E-state index contributed by atoms with van der Waals surface area (Å²) < 4.78 is 48.6. The van der Waals surface area contributed by atoms with Crippen molar-refractivity contribution in [2.24, 2.45) is 0 Å². The van der Waals surface area contributed by atoms with E-state index in [1.807, 2.05) is 0 Å². The predicted octanol–water partition coefficient (Wildman–Crippen LogP) is 3.08. The summed E-state index contributed by atoms with van der Waals surface area (Å²) in [5.74, 6) is 0.168. The number of alkyl halides is 3. The zero-order valence-electron chi connectivity index (χ0n) is 15.5. The molecule has 2 aromatic carbocycles. The van der Waals surface area contributed by atoms with Crippen molar-refractivity contribution in [3.63, 3.8) is 0 Å². The molecule has 1 aliphatic rings. The fourth-order valence-corrected chi connectivity index (χ4v) is 2.78. The van der Waals surface area contributed by atoms with Crippen molar-refractivity contribution in [3.05, 3.63) is 59.2 Å². The number of benzene rings is 2.